The molecule has 1 heterocycles. The van der Waals surface area contributed by atoms with E-state index in [1.54, 1.807) is 7.11 Å². The van der Waals surface area contributed by atoms with Crippen LogP contribution in [0, 0.1) is 0 Å². The molecular formula is C11H21N3O. The second-order valence-corrected chi connectivity index (χ2v) is 3.91. The summed E-state index contributed by atoms with van der Waals surface area (Å²) in [6, 6.07) is 0.111. The molecule has 0 aliphatic carbocycles. The number of aromatic nitrogens is 2. The van der Waals surface area contributed by atoms with Crippen LogP contribution in [0.2, 0.25) is 0 Å². The van der Waals surface area contributed by atoms with Crippen molar-refractivity contribution >= 4 is 0 Å². The summed E-state index contributed by atoms with van der Waals surface area (Å²) in [6.45, 7) is 2.10. The fraction of sp³-hybridized carbons (Fsp3) is 0.727. The summed E-state index contributed by atoms with van der Waals surface area (Å²) < 4.78 is 7.12. The molecule has 2 N–H and O–H groups in total. The number of nitrogens with zero attached hydrogens (tertiary/aromatic N) is 2. The molecule has 0 fully saturated rings. The largest absolute Gasteiger partial charge is 0.380 e. The second kappa shape index (κ2) is 5.88. The van der Waals surface area contributed by atoms with Crippen molar-refractivity contribution in [2.75, 3.05) is 7.11 Å². The zero-order valence-corrected chi connectivity index (χ0v) is 9.81. The number of rotatable bonds is 6. The van der Waals surface area contributed by atoms with Crippen LogP contribution in [0.15, 0.2) is 12.4 Å². The molecule has 4 heteroatoms. The van der Waals surface area contributed by atoms with Gasteiger partial charge in [-0.05, 0) is 24.8 Å². The first-order valence-electron chi connectivity index (χ1n) is 5.43. The van der Waals surface area contributed by atoms with Crippen molar-refractivity contribution < 1.29 is 4.74 Å². The lowest BCUT2D eigenvalue weighted by atomic mass is 10.0. The van der Waals surface area contributed by atoms with Crippen LogP contribution in [-0.2, 0) is 18.2 Å². The van der Waals surface area contributed by atoms with Crippen molar-refractivity contribution in [2.24, 2.45) is 12.8 Å². The van der Waals surface area contributed by atoms with Gasteiger partial charge in [0.25, 0.3) is 0 Å². The molecule has 4 nitrogen and oxygen atoms in total. The van der Waals surface area contributed by atoms with Gasteiger partial charge in [-0.2, -0.15) is 5.10 Å². The summed E-state index contributed by atoms with van der Waals surface area (Å²) in [5.41, 5.74) is 7.28. The lowest BCUT2D eigenvalue weighted by Crippen LogP contribution is -2.36. The number of nitrogens with two attached hydrogens (primary N) is 1. The van der Waals surface area contributed by atoms with Crippen molar-refractivity contribution in [3.8, 4) is 0 Å². The van der Waals surface area contributed by atoms with Crippen LogP contribution in [0.5, 0.6) is 0 Å². The number of ether oxygens (including phenoxy) is 1. The number of hydrogen-bond donors (Lipinski definition) is 1. The molecule has 15 heavy (non-hydrogen) atoms. The Morgan fingerprint density at radius 3 is 2.80 bits per heavy atom. The Bertz CT molecular complexity index is 281. The Hall–Kier alpha value is -0.870. The van der Waals surface area contributed by atoms with Crippen molar-refractivity contribution in [2.45, 2.75) is 38.3 Å². The van der Waals surface area contributed by atoms with Gasteiger partial charge in [0.1, 0.15) is 0 Å². The smallest absolute Gasteiger partial charge is 0.0719 e. The number of hydrogen-bond acceptors (Lipinski definition) is 3. The first kappa shape index (κ1) is 12.2. The zero-order chi connectivity index (χ0) is 11.3. The van der Waals surface area contributed by atoms with Gasteiger partial charge >= 0.3 is 0 Å². The molecule has 0 spiro atoms. The second-order valence-electron chi connectivity index (χ2n) is 3.91. The Morgan fingerprint density at radius 1 is 1.60 bits per heavy atom. The van der Waals surface area contributed by atoms with Gasteiger partial charge in [-0.25, -0.2) is 0 Å². The third-order valence-corrected chi connectivity index (χ3v) is 2.71. The summed E-state index contributed by atoms with van der Waals surface area (Å²) in [4.78, 5) is 0. The minimum Gasteiger partial charge on any atom is -0.380 e. The van der Waals surface area contributed by atoms with Crippen molar-refractivity contribution in [3.05, 3.63) is 18.0 Å². The SMILES string of the molecule is CCC(OC)C(N)CCc1cnn(C)c1. The highest BCUT2D eigenvalue weighted by molar-refractivity contribution is 5.04. The average Bonchev–Trinajstić information content (AvgIpc) is 2.63. The minimum atomic E-state index is 0.111. The van der Waals surface area contributed by atoms with Gasteiger partial charge in [-0.3, -0.25) is 4.68 Å². The van der Waals surface area contributed by atoms with Crippen molar-refractivity contribution in [1.29, 1.82) is 0 Å². The molecule has 0 bridgehead atoms. The molecule has 1 aromatic heterocycles. The Labute approximate surface area is 91.4 Å². The van der Waals surface area contributed by atoms with Crippen LogP contribution in [-0.4, -0.2) is 29.0 Å². The van der Waals surface area contributed by atoms with Gasteiger partial charge in [0.05, 0.1) is 12.3 Å². The molecule has 86 valence electrons. The molecule has 0 aliphatic rings. The quantitative estimate of drug-likeness (QED) is 0.766. The fourth-order valence-corrected chi connectivity index (χ4v) is 1.76. The van der Waals surface area contributed by atoms with Gasteiger partial charge in [0.2, 0.25) is 0 Å². The van der Waals surface area contributed by atoms with E-state index in [0.717, 1.165) is 19.3 Å². The van der Waals surface area contributed by atoms with Crippen LogP contribution >= 0.6 is 0 Å². The van der Waals surface area contributed by atoms with Crippen molar-refractivity contribution in [1.82, 2.24) is 9.78 Å². The minimum absolute atomic E-state index is 0.111. The Kier molecular flexibility index (Phi) is 4.78. The van der Waals surface area contributed by atoms with Gasteiger partial charge in [-0.1, -0.05) is 6.92 Å². The number of methoxy groups -OCH3 is 1. The summed E-state index contributed by atoms with van der Waals surface area (Å²) in [7, 11) is 3.64. The van der Waals surface area contributed by atoms with Gasteiger partial charge in [0, 0.05) is 26.4 Å². The normalized spacial score (nSPS) is 15.2. The molecule has 2 unspecified atom stereocenters. The van der Waals surface area contributed by atoms with E-state index < -0.39 is 0 Å². The van der Waals surface area contributed by atoms with E-state index in [1.165, 1.54) is 5.56 Å². The standard InChI is InChI=1S/C11H21N3O/c1-4-11(15-3)10(12)6-5-9-7-13-14(2)8-9/h7-8,10-11H,4-6,12H2,1-3H3. The third kappa shape index (κ3) is 3.64. The first-order valence-corrected chi connectivity index (χ1v) is 5.43. The maximum absolute atomic E-state index is 6.04. The van der Waals surface area contributed by atoms with Crippen LogP contribution in [0.1, 0.15) is 25.3 Å². The molecular weight excluding hydrogens is 190 g/mol. The topological polar surface area (TPSA) is 53.1 Å². The first-order chi connectivity index (χ1) is 7.17. The predicted molar refractivity (Wildman–Crippen MR) is 60.6 cm³/mol. The van der Waals surface area contributed by atoms with Gasteiger partial charge < -0.3 is 10.5 Å². The highest BCUT2D eigenvalue weighted by Gasteiger charge is 2.14. The third-order valence-electron chi connectivity index (χ3n) is 2.71. The molecule has 0 aliphatic heterocycles. The lowest BCUT2D eigenvalue weighted by Gasteiger charge is -2.20. The summed E-state index contributed by atoms with van der Waals surface area (Å²) in [5, 5.41) is 4.12. The Balaban J connectivity index is 2.36. The van der Waals surface area contributed by atoms with E-state index in [9.17, 15) is 0 Å². The van der Waals surface area contributed by atoms with E-state index >= 15 is 0 Å². The molecule has 0 aromatic carbocycles. The van der Waals surface area contributed by atoms with Crippen LogP contribution in [0.3, 0.4) is 0 Å². The van der Waals surface area contributed by atoms with Crippen molar-refractivity contribution in [3.63, 3.8) is 0 Å². The molecule has 0 radical (unpaired) electrons. The molecule has 1 aromatic rings. The fourth-order valence-electron chi connectivity index (χ4n) is 1.76. The van der Waals surface area contributed by atoms with E-state index in [1.807, 2.05) is 24.1 Å². The molecule has 1 rings (SSSR count). The van der Waals surface area contributed by atoms with Gasteiger partial charge in [-0.15, -0.1) is 0 Å². The van der Waals surface area contributed by atoms with E-state index in [4.69, 9.17) is 10.5 Å². The summed E-state index contributed by atoms with van der Waals surface area (Å²) in [5.74, 6) is 0. The Morgan fingerprint density at radius 2 is 2.33 bits per heavy atom. The lowest BCUT2D eigenvalue weighted by molar-refractivity contribution is 0.0749. The van der Waals surface area contributed by atoms with E-state index in [-0.39, 0.29) is 12.1 Å². The highest BCUT2D eigenvalue weighted by Crippen LogP contribution is 2.09. The van der Waals surface area contributed by atoms with Crippen LogP contribution in [0.25, 0.3) is 0 Å². The summed E-state index contributed by atoms with van der Waals surface area (Å²) in [6.07, 6.45) is 6.96. The average molecular weight is 211 g/mol. The molecule has 2 atom stereocenters. The zero-order valence-electron chi connectivity index (χ0n) is 9.81. The van der Waals surface area contributed by atoms with E-state index in [0.29, 0.717) is 0 Å². The summed E-state index contributed by atoms with van der Waals surface area (Å²) >= 11 is 0. The predicted octanol–water partition coefficient (Wildman–Crippen LogP) is 1.10. The molecule has 0 saturated carbocycles. The maximum Gasteiger partial charge on any atom is 0.0719 e. The molecule has 0 amide bonds. The monoisotopic (exact) mass is 211 g/mol. The van der Waals surface area contributed by atoms with Crippen LogP contribution < -0.4 is 5.73 Å². The number of aryl methyl sites for hydroxylation is 2. The van der Waals surface area contributed by atoms with E-state index in [2.05, 4.69) is 12.0 Å². The van der Waals surface area contributed by atoms with Crippen LogP contribution in [0.4, 0.5) is 0 Å². The van der Waals surface area contributed by atoms with Gasteiger partial charge in [0.15, 0.2) is 0 Å². The molecule has 0 saturated heterocycles. The maximum atomic E-state index is 6.04. The highest BCUT2D eigenvalue weighted by atomic mass is 16.5.